The SMILES string of the molecule is CC[C@H]1CN(Cc2ccncc2)CC[C@H]1CC(=O)N1CCC(C(=O)OC)CC1. The number of aromatic nitrogens is 1. The van der Waals surface area contributed by atoms with Gasteiger partial charge in [0.25, 0.3) is 0 Å². The van der Waals surface area contributed by atoms with Gasteiger partial charge in [0.2, 0.25) is 5.91 Å². The lowest BCUT2D eigenvalue weighted by molar-refractivity contribution is -0.149. The van der Waals surface area contributed by atoms with Gasteiger partial charge < -0.3 is 9.64 Å². The molecule has 1 amide bonds. The van der Waals surface area contributed by atoms with Crippen LogP contribution in [0, 0.1) is 17.8 Å². The summed E-state index contributed by atoms with van der Waals surface area (Å²) in [6.45, 7) is 6.65. The van der Waals surface area contributed by atoms with Crippen molar-refractivity contribution in [2.24, 2.45) is 17.8 Å². The molecule has 0 saturated carbocycles. The summed E-state index contributed by atoms with van der Waals surface area (Å²) in [5.41, 5.74) is 1.30. The van der Waals surface area contributed by atoms with E-state index in [0.29, 0.717) is 31.3 Å². The summed E-state index contributed by atoms with van der Waals surface area (Å²) in [7, 11) is 1.44. The second kappa shape index (κ2) is 10.0. The zero-order chi connectivity index (χ0) is 19.9. The normalized spacial score (nSPS) is 24.1. The van der Waals surface area contributed by atoms with Gasteiger partial charge in [-0.1, -0.05) is 13.3 Å². The highest BCUT2D eigenvalue weighted by Crippen LogP contribution is 2.31. The van der Waals surface area contributed by atoms with E-state index in [9.17, 15) is 9.59 Å². The van der Waals surface area contributed by atoms with Gasteiger partial charge in [0.15, 0.2) is 0 Å². The number of methoxy groups -OCH3 is 1. The Morgan fingerprint density at radius 2 is 1.82 bits per heavy atom. The molecule has 3 rings (SSSR count). The fourth-order valence-electron chi connectivity index (χ4n) is 4.66. The van der Waals surface area contributed by atoms with E-state index in [2.05, 4.69) is 28.9 Å². The third-order valence-corrected chi connectivity index (χ3v) is 6.47. The van der Waals surface area contributed by atoms with E-state index in [1.54, 1.807) is 0 Å². The lowest BCUT2D eigenvalue weighted by Crippen LogP contribution is -2.44. The molecule has 0 unspecified atom stereocenters. The predicted molar refractivity (Wildman–Crippen MR) is 107 cm³/mol. The Balaban J connectivity index is 1.48. The van der Waals surface area contributed by atoms with Crippen molar-refractivity contribution in [3.8, 4) is 0 Å². The molecule has 2 aliphatic heterocycles. The fraction of sp³-hybridized carbons (Fsp3) is 0.682. The van der Waals surface area contributed by atoms with E-state index in [1.165, 1.54) is 12.7 Å². The van der Waals surface area contributed by atoms with Crippen molar-refractivity contribution in [3.63, 3.8) is 0 Å². The number of pyridine rings is 1. The number of amides is 1. The first-order valence-corrected chi connectivity index (χ1v) is 10.6. The van der Waals surface area contributed by atoms with Crippen LogP contribution in [-0.2, 0) is 20.9 Å². The molecule has 6 heteroatoms. The fourth-order valence-corrected chi connectivity index (χ4v) is 4.66. The van der Waals surface area contributed by atoms with E-state index in [0.717, 1.165) is 45.3 Å². The van der Waals surface area contributed by atoms with Crippen LogP contribution in [0.5, 0.6) is 0 Å². The first-order valence-electron chi connectivity index (χ1n) is 10.6. The lowest BCUT2D eigenvalue weighted by Gasteiger charge is -2.39. The first-order chi connectivity index (χ1) is 13.6. The van der Waals surface area contributed by atoms with Crippen molar-refractivity contribution in [2.75, 3.05) is 33.3 Å². The van der Waals surface area contributed by atoms with Crippen molar-refractivity contribution in [1.82, 2.24) is 14.8 Å². The van der Waals surface area contributed by atoms with E-state index < -0.39 is 0 Å². The quantitative estimate of drug-likeness (QED) is 0.703. The van der Waals surface area contributed by atoms with Gasteiger partial charge in [-0.05, 0) is 55.3 Å². The Bertz CT molecular complexity index is 644. The number of carbonyl (C=O) groups is 2. The number of likely N-dealkylation sites (tertiary alicyclic amines) is 2. The smallest absolute Gasteiger partial charge is 0.308 e. The van der Waals surface area contributed by atoms with Gasteiger partial charge >= 0.3 is 5.97 Å². The molecule has 0 spiro atoms. The molecule has 28 heavy (non-hydrogen) atoms. The van der Waals surface area contributed by atoms with Crippen LogP contribution >= 0.6 is 0 Å². The first kappa shape index (κ1) is 20.8. The third-order valence-electron chi connectivity index (χ3n) is 6.47. The number of rotatable bonds is 6. The Kier molecular flexibility index (Phi) is 7.43. The summed E-state index contributed by atoms with van der Waals surface area (Å²) in [5.74, 6) is 1.10. The molecule has 0 N–H and O–H groups in total. The largest absolute Gasteiger partial charge is 0.469 e. The van der Waals surface area contributed by atoms with Gasteiger partial charge in [-0.25, -0.2) is 0 Å². The van der Waals surface area contributed by atoms with Crippen LogP contribution in [0.25, 0.3) is 0 Å². The highest BCUT2D eigenvalue weighted by molar-refractivity contribution is 5.77. The van der Waals surface area contributed by atoms with Gasteiger partial charge in [-0.15, -0.1) is 0 Å². The maximum absolute atomic E-state index is 12.8. The molecule has 2 atom stereocenters. The number of carbonyl (C=O) groups excluding carboxylic acids is 2. The summed E-state index contributed by atoms with van der Waals surface area (Å²) in [5, 5.41) is 0. The van der Waals surface area contributed by atoms with Crippen molar-refractivity contribution in [3.05, 3.63) is 30.1 Å². The number of hydrogen-bond acceptors (Lipinski definition) is 5. The van der Waals surface area contributed by atoms with E-state index in [-0.39, 0.29) is 17.8 Å². The van der Waals surface area contributed by atoms with Crippen LogP contribution in [0.1, 0.15) is 44.6 Å². The highest BCUT2D eigenvalue weighted by Gasteiger charge is 2.33. The number of nitrogens with zero attached hydrogens (tertiary/aromatic N) is 3. The molecular formula is C22H33N3O3. The molecule has 0 aliphatic carbocycles. The monoisotopic (exact) mass is 387 g/mol. The highest BCUT2D eigenvalue weighted by atomic mass is 16.5. The Morgan fingerprint density at radius 3 is 2.46 bits per heavy atom. The average Bonchev–Trinajstić information content (AvgIpc) is 2.75. The van der Waals surface area contributed by atoms with Crippen LogP contribution < -0.4 is 0 Å². The van der Waals surface area contributed by atoms with Gasteiger partial charge in [0.1, 0.15) is 0 Å². The molecule has 2 fully saturated rings. The zero-order valence-corrected chi connectivity index (χ0v) is 17.2. The van der Waals surface area contributed by atoms with Crippen molar-refractivity contribution < 1.29 is 14.3 Å². The van der Waals surface area contributed by atoms with E-state index >= 15 is 0 Å². The summed E-state index contributed by atoms with van der Waals surface area (Å²) in [4.78, 5) is 33.1. The molecular weight excluding hydrogens is 354 g/mol. The van der Waals surface area contributed by atoms with Crippen molar-refractivity contribution >= 4 is 11.9 Å². The molecule has 6 nitrogen and oxygen atoms in total. The maximum atomic E-state index is 12.8. The molecule has 0 radical (unpaired) electrons. The van der Waals surface area contributed by atoms with Crippen LogP contribution in [0.15, 0.2) is 24.5 Å². The minimum atomic E-state index is -0.139. The van der Waals surface area contributed by atoms with Gasteiger partial charge in [-0.2, -0.15) is 0 Å². The Morgan fingerprint density at radius 1 is 1.11 bits per heavy atom. The minimum Gasteiger partial charge on any atom is -0.469 e. The molecule has 1 aromatic heterocycles. The van der Waals surface area contributed by atoms with E-state index in [1.807, 2.05) is 17.3 Å². The van der Waals surface area contributed by atoms with Gasteiger partial charge in [0.05, 0.1) is 13.0 Å². The third kappa shape index (κ3) is 5.31. The standard InChI is InChI=1S/C22H33N3O3/c1-3-18-16-24(15-17-4-9-23-10-5-17)11-6-20(18)14-21(26)25-12-7-19(8-13-25)22(27)28-2/h4-5,9-10,18-20H,3,6-8,11-16H2,1-2H3/t18-,20-/m0/s1. The number of ether oxygens (including phenoxy) is 1. The minimum absolute atomic E-state index is 0.0473. The molecule has 1 aromatic rings. The Hall–Kier alpha value is -1.95. The summed E-state index contributed by atoms with van der Waals surface area (Å²) in [6, 6.07) is 4.16. The zero-order valence-electron chi connectivity index (χ0n) is 17.2. The van der Waals surface area contributed by atoms with Crippen molar-refractivity contribution in [2.45, 2.75) is 45.6 Å². The second-order valence-corrected chi connectivity index (χ2v) is 8.19. The molecule has 0 bridgehead atoms. The summed E-state index contributed by atoms with van der Waals surface area (Å²) < 4.78 is 4.84. The van der Waals surface area contributed by atoms with Crippen LogP contribution in [-0.4, -0.2) is 59.9 Å². The number of piperidine rings is 2. The maximum Gasteiger partial charge on any atom is 0.308 e. The number of esters is 1. The summed E-state index contributed by atoms with van der Waals surface area (Å²) in [6.07, 6.45) is 7.97. The van der Waals surface area contributed by atoms with Gasteiger partial charge in [-0.3, -0.25) is 19.5 Å². The second-order valence-electron chi connectivity index (χ2n) is 8.19. The molecule has 3 heterocycles. The van der Waals surface area contributed by atoms with Crippen LogP contribution in [0.4, 0.5) is 0 Å². The molecule has 154 valence electrons. The number of hydrogen-bond donors (Lipinski definition) is 0. The summed E-state index contributed by atoms with van der Waals surface area (Å²) >= 11 is 0. The topological polar surface area (TPSA) is 62.7 Å². The van der Waals surface area contributed by atoms with E-state index in [4.69, 9.17) is 4.74 Å². The molecule has 2 aliphatic rings. The van der Waals surface area contributed by atoms with Crippen molar-refractivity contribution in [1.29, 1.82) is 0 Å². The molecule has 0 aromatic carbocycles. The van der Waals surface area contributed by atoms with Crippen LogP contribution in [0.3, 0.4) is 0 Å². The van der Waals surface area contributed by atoms with Gasteiger partial charge in [0, 0.05) is 45.0 Å². The molecule has 2 saturated heterocycles. The predicted octanol–water partition coefficient (Wildman–Crippen LogP) is 2.73. The van der Waals surface area contributed by atoms with Crippen LogP contribution in [0.2, 0.25) is 0 Å². The lowest BCUT2D eigenvalue weighted by atomic mass is 9.81. The Labute approximate surface area is 168 Å². The average molecular weight is 388 g/mol.